The first-order valence-corrected chi connectivity index (χ1v) is 13.0. The van der Waals surface area contributed by atoms with E-state index in [0.717, 1.165) is 30.9 Å². The van der Waals surface area contributed by atoms with Gasteiger partial charge in [-0.25, -0.2) is 9.97 Å². The van der Waals surface area contributed by atoms with Gasteiger partial charge in [-0.1, -0.05) is 17.3 Å². The zero-order valence-electron chi connectivity index (χ0n) is 20.2. The van der Waals surface area contributed by atoms with Crippen molar-refractivity contribution in [2.75, 3.05) is 38.5 Å². The molecule has 3 aromatic heterocycles. The van der Waals surface area contributed by atoms with E-state index in [1.54, 1.807) is 6.07 Å². The van der Waals surface area contributed by atoms with Crippen molar-refractivity contribution >= 4 is 39.1 Å². The number of aromatic nitrogens is 3. The Hall–Kier alpha value is -3.76. The van der Waals surface area contributed by atoms with Crippen LogP contribution in [0.15, 0.2) is 60.0 Å². The molecule has 3 N–H and O–H groups in total. The number of oxime groups is 1. The van der Waals surface area contributed by atoms with Crippen LogP contribution in [0, 0.1) is 0 Å². The molecule has 5 rings (SSSR count). The van der Waals surface area contributed by atoms with Crippen LogP contribution >= 0.6 is 11.3 Å². The zero-order chi connectivity index (χ0) is 24.9. The van der Waals surface area contributed by atoms with Crippen molar-refractivity contribution in [3.05, 3.63) is 71.0 Å². The minimum absolute atomic E-state index is 0.121. The number of nitrogens with two attached hydrogens (primary N) is 1. The largest absolute Gasteiger partial charge is 0.394 e. The number of nitrogens with zero attached hydrogens (tertiary/aromatic N) is 5. The maximum absolute atomic E-state index is 12.5. The van der Waals surface area contributed by atoms with Gasteiger partial charge in [0.1, 0.15) is 22.8 Å². The lowest BCUT2D eigenvalue weighted by molar-refractivity contribution is 0.0960. The van der Waals surface area contributed by atoms with Crippen LogP contribution in [0.3, 0.4) is 0 Å². The predicted octanol–water partition coefficient (Wildman–Crippen LogP) is 3.68. The summed E-state index contributed by atoms with van der Waals surface area (Å²) in [4.78, 5) is 30.8. The van der Waals surface area contributed by atoms with Crippen LogP contribution in [0.25, 0.3) is 15.9 Å². The highest BCUT2D eigenvalue weighted by molar-refractivity contribution is 7.20. The maximum Gasteiger partial charge on any atom is 0.261 e. The maximum atomic E-state index is 12.5. The lowest BCUT2D eigenvalue weighted by atomic mass is 10.0. The quantitative estimate of drug-likeness (QED) is 0.205. The molecule has 9 nitrogen and oxygen atoms in total. The van der Waals surface area contributed by atoms with Crippen LogP contribution in [0.1, 0.15) is 40.7 Å². The number of carbonyl (C=O) groups excluding carboxylic acids is 1. The first-order chi connectivity index (χ1) is 17.6. The van der Waals surface area contributed by atoms with Gasteiger partial charge in [0.2, 0.25) is 5.95 Å². The number of nitrogen functional groups attached to an aromatic ring is 1. The van der Waals surface area contributed by atoms with Crippen LogP contribution < -0.4 is 11.1 Å². The summed E-state index contributed by atoms with van der Waals surface area (Å²) in [5.74, 6) is -0.0306. The van der Waals surface area contributed by atoms with Crippen LogP contribution in [0.5, 0.6) is 0 Å². The van der Waals surface area contributed by atoms with Gasteiger partial charge in [0.15, 0.2) is 0 Å². The van der Waals surface area contributed by atoms with E-state index < -0.39 is 0 Å². The average molecular weight is 504 g/mol. The van der Waals surface area contributed by atoms with Crippen molar-refractivity contribution in [1.29, 1.82) is 0 Å². The summed E-state index contributed by atoms with van der Waals surface area (Å²) in [6, 6.07) is 13.8. The number of carbonyl (C=O) groups is 1. The van der Waals surface area contributed by atoms with Crippen molar-refractivity contribution in [1.82, 2.24) is 24.8 Å². The molecule has 1 aromatic carbocycles. The summed E-state index contributed by atoms with van der Waals surface area (Å²) in [7, 11) is 0. The molecule has 1 aliphatic heterocycles. The fourth-order valence-electron chi connectivity index (χ4n) is 4.30. The monoisotopic (exact) mass is 503 g/mol. The first kappa shape index (κ1) is 24.0. The highest BCUT2D eigenvalue weighted by atomic mass is 32.1. The molecule has 4 aromatic rings. The number of nitrogens with one attached hydrogen (secondary N) is 1. The van der Waals surface area contributed by atoms with Crippen LogP contribution in [0.4, 0.5) is 5.95 Å². The van der Waals surface area contributed by atoms with E-state index in [0.29, 0.717) is 39.7 Å². The summed E-state index contributed by atoms with van der Waals surface area (Å²) in [6.07, 6.45) is 6.45. The first-order valence-electron chi connectivity index (χ1n) is 12.1. The molecule has 0 atom stereocenters. The topological polar surface area (TPSA) is 111 Å². The van der Waals surface area contributed by atoms with Crippen molar-refractivity contribution in [3.63, 3.8) is 0 Å². The van der Waals surface area contributed by atoms with Gasteiger partial charge >= 0.3 is 0 Å². The number of benzene rings is 1. The molecule has 36 heavy (non-hydrogen) atoms. The van der Waals surface area contributed by atoms with Crippen molar-refractivity contribution in [3.8, 4) is 5.69 Å². The third-order valence-electron chi connectivity index (χ3n) is 6.09. The Balaban J connectivity index is 1.52. The molecule has 10 heteroatoms. The van der Waals surface area contributed by atoms with Gasteiger partial charge in [0.05, 0.1) is 4.88 Å². The third-order valence-corrected chi connectivity index (χ3v) is 7.12. The van der Waals surface area contributed by atoms with Crippen molar-refractivity contribution in [2.24, 2.45) is 5.16 Å². The SMILES string of the molecule is CCNC(=O)c1cc2c(/C(=N\OCCN3CCCC3)c3ccc(-n4cccc4)cc3)nc(N)nc2s1. The lowest BCUT2D eigenvalue weighted by Crippen LogP contribution is -2.23. The minimum Gasteiger partial charge on any atom is -0.394 e. The Kier molecular flexibility index (Phi) is 7.24. The summed E-state index contributed by atoms with van der Waals surface area (Å²) in [6.45, 7) is 5.92. The number of hydrogen-bond acceptors (Lipinski definition) is 8. The van der Waals surface area contributed by atoms with E-state index in [1.165, 1.54) is 24.2 Å². The Labute approximate surface area is 213 Å². The Morgan fingerprint density at radius 1 is 1.17 bits per heavy atom. The van der Waals surface area contributed by atoms with Crippen molar-refractivity contribution < 1.29 is 9.63 Å². The third kappa shape index (κ3) is 5.24. The number of fused-ring (bicyclic) bond motifs is 1. The fourth-order valence-corrected chi connectivity index (χ4v) is 5.25. The molecule has 1 aliphatic rings. The van der Waals surface area contributed by atoms with Gasteiger partial charge in [0.25, 0.3) is 5.91 Å². The molecular weight excluding hydrogens is 474 g/mol. The molecule has 1 amide bonds. The summed E-state index contributed by atoms with van der Waals surface area (Å²) >= 11 is 1.28. The zero-order valence-corrected chi connectivity index (χ0v) is 21.0. The number of rotatable bonds is 9. The normalized spacial score (nSPS) is 14.4. The summed E-state index contributed by atoms with van der Waals surface area (Å²) < 4.78 is 2.03. The fraction of sp³-hybridized carbons (Fsp3) is 0.308. The molecule has 0 spiro atoms. The molecule has 0 aliphatic carbocycles. The van der Waals surface area contributed by atoms with Crippen molar-refractivity contribution in [2.45, 2.75) is 19.8 Å². The standard InChI is InChI=1S/C26H29N7O2S/c1-2-28-24(34)21-17-20-23(29-26(27)30-25(20)36-21)22(31-35-16-15-32-11-3-4-12-32)18-7-9-19(10-8-18)33-13-5-6-14-33/h5-10,13-14,17H,2-4,11-12,15-16H2,1H3,(H,28,34)(H2,27,29,30)/b31-22-. The van der Waals surface area contributed by atoms with E-state index in [-0.39, 0.29) is 11.9 Å². The van der Waals surface area contributed by atoms with Gasteiger partial charge < -0.3 is 20.5 Å². The van der Waals surface area contributed by atoms with E-state index in [1.807, 2.05) is 60.3 Å². The second kappa shape index (κ2) is 10.9. The highest BCUT2D eigenvalue weighted by Gasteiger charge is 2.20. The average Bonchev–Trinajstić information content (AvgIpc) is 3.66. The molecule has 0 unspecified atom stereocenters. The Morgan fingerprint density at radius 2 is 1.92 bits per heavy atom. The predicted molar refractivity (Wildman–Crippen MR) is 143 cm³/mol. The van der Waals surface area contributed by atoms with E-state index in [2.05, 4.69) is 25.3 Å². The van der Waals surface area contributed by atoms with E-state index in [4.69, 9.17) is 10.6 Å². The number of likely N-dealkylation sites (tertiary alicyclic amines) is 1. The van der Waals surface area contributed by atoms with E-state index >= 15 is 0 Å². The number of amides is 1. The van der Waals surface area contributed by atoms with Crippen LogP contribution in [-0.2, 0) is 4.84 Å². The summed E-state index contributed by atoms with van der Waals surface area (Å²) in [5.41, 5.74) is 9.04. The molecule has 186 valence electrons. The Morgan fingerprint density at radius 3 is 2.64 bits per heavy atom. The van der Waals surface area contributed by atoms with Gasteiger partial charge in [-0.05, 0) is 63.2 Å². The molecule has 0 saturated carbocycles. The van der Waals surface area contributed by atoms with Gasteiger partial charge in [-0.3, -0.25) is 9.69 Å². The highest BCUT2D eigenvalue weighted by Crippen LogP contribution is 2.29. The molecule has 4 heterocycles. The van der Waals surface area contributed by atoms with E-state index in [9.17, 15) is 4.79 Å². The Bertz CT molecular complexity index is 1360. The molecule has 0 radical (unpaired) electrons. The second-order valence-electron chi connectivity index (χ2n) is 8.58. The number of thiophene rings is 1. The van der Waals surface area contributed by atoms with Gasteiger partial charge in [0, 0.05) is 42.1 Å². The number of anilines is 1. The van der Waals surface area contributed by atoms with Crippen LogP contribution in [-0.4, -0.2) is 63.8 Å². The van der Waals surface area contributed by atoms with Gasteiger partial charge in [-0.2, -0.15) is 0 Å². The molecular formula is C26H29N7O2S. The molecule has 1 fully saturated rings. The smallest absolute Gasteiger partial charge is 0.261 e. The van der Waals surface area contributed by atoms with Gasteiger partial charge in [-0.15, -0.1) is 11.3 Å². The lowest BCUT2D eigenvalue weighted by Gasteiger charge is -2.14. The second-order valence-corrected chi connectivity index (χ2v) is 9.61. The summed E-state index contributed by atoms with van der Waals surface area (Å²) in [5, 5.41) is 8.09. The molecule has 1 saturated heterocycles. The van der Waals surface area contributed by atoms with Crippen LogP contribution in [0.2, 0.25) is 0 Å². The number of hydrogen-bond donors (Lipinski definition) is 2. The molecule has 0 bridgehead atoms. The minimum atomic E-state index is -0.151.